The summed E-state index contributed by atoms with van der Waals surface area (Å²) in [5.41, 5.74) is 0.311. The van der Waals surface area contributed by atoms with Crippen molar-refractivity contribution in [2.75, 3.05) is 39.3 Å². The number of nitrogens with zero attached hydrogens (tertiary/aromatic N) is 1. The van der Waals surface area contributed by atoms with Crippen LogP contribution in [0.2, 0.25) is 0 Å². The largest absolute Gasteiger partial charge is 0.315 e. The molecule has 1 aliphatic heterocycles. The van der Waals surface area contributed by atoms with E-state index < -0.39 is 0 Å². The molecule has 0 aromatic heterocycles. The molecule has 0 bridgehead atoms. The minimum absolute atomic E-state index is 0.311. The molecule has 0 atom stereocenters. The second-order valence-corrected chi connectivity index (χ2v) is 5.96. The summed E-state index contributed by atoms with van der Waals surface area (Å²) in [5.74, 6) is 1.05. The average Bonchev–Trinajstić information content (AvgIpc) is 3.10. The molecule has 0 radical (unpaired) electrons. The second kappa shape index (κ2) is 5.48. The average molecular weight is 225 g/mol. The van der Waals surface area contributed by atoms with E-state index in [1.54, 1.807) is 0 Å². The maximum absolute atomic E-state index is 3.63. The maximum atomic E-state index is 3.63. The predicted molar refractivity (Wildman–Crippen MR) is 68.7 cm³/mol. The molecule has 0 aromatic carbocycles. The van der Waals surface area contributed by atoms with Gasteiger partial charge in [0.25, 0.3) is 0 Å². The Morgan fingerprint density at radius 2 is 1.94 bits per heavy atom. The number of nitrogens with one attached hydrogen (secondary N) is 2. The fraction of sp³-hybridized carbons (Fsp3) is 1.00. The monoisotopic (exact) mass is 225 g/mol. The Morgan fingerprint density at radius 3 is 2.56 bits per heavy atom. The van der Waals surface area contributed by atoms with Gasteiger partial charge in [0.15, 0.2) is 0 Å². The molecule has 1 saturated heterocycles. The third-order valence-corrected chi connectivity index (χ3v) is 3.96. The Morgan fingerprint density at radius 1 is 1.25 bits per heavy atom. The highest BCUT2D eigenvalue weighted by Gasteiger charge is 2.27. The summed E-state index contributed by atoms with van der Waals surface area (Å²) in [7, 11) is 0. The van der Waals surface area contributed by atoms with Crippen LogP contribution >= 0.6 is 0 Å². The molecule has 2 N–H and O–H groups in total. The molecule has 3 heteroatoms. The predicted octanol–water partition coefficient (Wildman–Crippen LogP) is 1.06. The van der Waals surface area contributed by atoms with E-state index in [9.17, 15) is 0 Å². The minimum atomic E-state index is 0.311. The lowest BCUT2D eigenvalue weighted by molar-refractivity contribution is 0.102. The van der Waals surface area contributed by atoms with Crippen molar-refractivity contribution in [2.24, 2.45) is 5.92 Å². The van der Waals surface area contributed by atoms with Crippen molar-refractivity contribution in [3.05, 3.63) is 0 Å². The van der Waals surface area contributed by atoms with Crippen LogP contribution in [0.3, 0.4) is 0 Å². The van der Waals surface area contributed by atoms with E-state index in [1.165, 1.54) is 38.9 Å². The number of hydrogen-bond donors (Lipinski definition) is 2. The van der Waals surface area contributed by atoms with Gasteiger partial charge in [-0.2, -0.15) is 0 Å². The van der Waals surface area contributed by atoms with Gasteiger partial charge in [-0.1, -0.05) is 12.8 Å². The molecular formula is C13H27N3. The van der Waals surface area contributed by atoms with Crippen molar-refractivity contribution in [3.63, 3.8) is 0 Å². The third-order valence-electron chi connectivity index (χ3n) is 3.96. The Hall–Kier alpha value is -0.120. The fourth-order valence-electron chi connectivity index (χ4n) is 2.49. The van der Waals surface area contributed by atoms with Crippen molar-refractivity contribution in [2.45, 2.75) is 38.6 Å². The van der Waals surface area contributed by atoms with Crippen LogP contribution in [0.1, 0.15) is 33.1 Å². The van der Waals surface area contributed by atoms with E-state index in [0.717, 1.165) is 25.6 Å². The van der Waals surface area contributed by atoms with E-state index in [-0.39, 0.29) is 0 Å². The van der Waals surface area contributed by atoms with E-state index >= 15 is 0 Å². The Bertz CT molecular complexity index is 205. The first-order chi connectivity index (χ1) is 7.68. The van der Waals surface area contributed by atoms with Crippen molar-refractivity contribution >= 4 is 0 Å². The zero-order valence-electron chi connectivity index (χ0n) is 10.9. The SMILES string of the molecule is CC(C)(CNCCC1CC1)N1CCNCC1. The van der Waals surface area contributed by atoms with Crippen molar-refractivity contribution in [3.8, 4) is 0 Å². The van der Waals surface area contributed by atoms with Crippen LogP contribution in [0.15, 0.2) is 0 Å². The lowest BCUT2D eigenvalue weighted by atomic mass is 10.0. The topological polar surface area (TPSA) is 27.3 Å². The van der Waals surface area contributed by atoms with E-state index in [0.29, 0.717) is 5.54 Å². The number of rotatable bonds is 6. The van der Waals surface area contributed by atoms with Gasteiger partial charge in [0, 0.05) is 38.3 Å². The molecular weight excluding hydrogens is 198 g/mol. The van der Waals surface area contributed by atoms with Gasteiger partial charge in [0.1, 0.15) is 0 Å². The van der Waals surface area contributed by atoms with Crippen molar-refractivity contribution in [1.29, 1.82) is 0 Å². The summed E-state index contributed by atoms with van der Waals surface area (Å²) in [4.78, 5) is 2.60. The Kier molecular flexibility index (Phi) is 4.22. The molecule has 94 valence electrons. The van der Waals surface area contributed by atoms with Crippen LogP contribution in [0.5, 0.6) is 0 Å². The van der Waals surface area contributed by atoms with Crippen LogP contribution in [0.4, 0.5) is 0 Å². The van der Waals surface area contributed by atoms with Gasteiger partial charge in [-0.25, -0.2) is 0 Å². The molecule has 2 fully saturated rings. The Balaban J connectivity index is 1.63. The maximum Gasteiger partial charge on any atom is 0.0278 e. The van der Waals surface area contributed by atoms with Crippen LogP contribution in [-0.2, 0) is 0 Å². The molecule has 3 nitrogen and oxygen atoms in total. The molecule has 2 rings (SSSR count). The van der Waals surface area contributed by atoms with Crippen LogP contribution in [0, 0.1) is 5.92 Å². The Labute approximate surface area is 100.0 Å². The molecule has 1 aliphatic carbocycles. The minimum Gasteiger partial charge on any atom is -0.315 e. The highest BCUT2D eigenvalue weighted by atomic mass is 15.2. The smallest absolute Gasteiger partial charge is 0.0278 e. The summed E-state index contributed by atoms with van der Waals surface area (Å²) in [6.45, 7) is 11.7. The molecule has 1 heterocycles. The highest BCUT2D eigenvalue weighted by molar-refractivity contribution is 4.87. The second-order valence-electron chi connectivity index (χ2n) is 5.96. The quantitative estimate of drug-likeness (QED) is 0.662. The zero-order chi connectivity index (χ0) is 11.4. The first-order valence-electron chi connectivity index (χ1n) is 6.85. The van der Waals surface area contributed by atoms with Gasteiger partial charge in [0.2, 0.25) is 0 Å². The first-order valence-corrected chi connectivity index (χ1v) is 6.85. The molecule has 0 spiro atoms. The molecule has 16 heavy (non-hydrogen) atoms. The van der Waals surface area contributed by atoms with Gasteiger partial charge in [-0.15, -0.1) is 0 Å². The van der Waals surface area contributed by atoms with Crippen LogP contribution in [0.25, 0.3) is 0 Å². The third kappa shape index (κ3) is 3.72. The van der Waals surface area contributed by atoms with E-state index in [2.05, 4.69) is 29.4 Å². The number of piperazine rings is 1. The first kappa shape index (κ1) is 12.3. The fourth-order valence-corrected chi connectivity index (χ4v) is 2.49. The summed E-state index contributed by atoms with van der Waals surface area (Å²) >= 11 is 0. The van der Waals surface area contributed by atoms with E-state index in [1.807, 2.05) is 0 Å². The lowest BCUT2D eigenvalue weighted by Gasteiger charge is -2.41. The molecule has 0 aromatic rings. The van der Waals surface area contributed by atoms with Crippen molar-refractivity contribution < 1.29 is 0 Å². The molecule has 2 aliphatic rings. The van der Waals surface area contributed by atoms with Gasteiger partial charge in [-0.3, -0.25) is 4.90 Å². The normalized spacial score (nSPS) is 23.6. The van der Waals surface area contributed by atoms with E-state index in [4.69, 9.17) is 0 Å². The molecule has 1 saturated carbocycles. The summed E-state index contributed by atoms with van der Waals surface area (Å²) in [6.07, 6.45) is 4.34. The zero-order valence-corrected chi connectivity index (χ0v) is 10.9. The summed E-state index contributed by atoms with van der Waals surface area (Å²) in [5, 5.41) is 7.05. The summed E-state index contributed by atoms with van der Waals surface area (Å²) < 4.78 is 0. The standard InChI is InChI=1S/C13H27N3/c1-13(2,16-9-7-14-8-10-16)11-15-6-5-12-3-4-12/h12,14-15H,3-11H2,1-2H3. The highest BCUT2D eigenvalue weighted by Crippen LogP contribution is 2.31. The molecule has 0 amide bonds. The molecule has 0 unspecified atom stereocenters. The van der Waals surface area contributed by atoms with Gasteiger partial charge < -0.3 is 10.6 Å². The number of hydrogen-bond acceptors (Lipinski definition) is 3. The van der Waals surface area contributed by atoms with Crippen molar-refractivity contribution in [1.82, 2.24) is 15.5 Å². The lowest BCUT2D eigenvalue weighted by Crippen LogP contribution is -2.57. The van der Waals surface area contributed by atoms with Gasteiger partial charge in [-0.05, 0) is 32.7 Å². The summed E-state index contributed by atoms with van der Waals surface area (Å²) in [6, 6.07) is 0. The van der Waals surface area contributed by atoms with Crippen LogP contribution in [-0.4, -0.2) is 49.7 Å². The van der Waals surface area contributed by atoms with Gasteiger partial charge in [0.05, 0.1) is 0 Å². The van der Waals surface area contributed by atoms with Gasteiger partial charge >= 0.3 is 0 Å². The van der Waals surface area contributed by atoms with Crippen LogP contribution < -0.4 is 10.6 Å².